The summed E-state index contributed by atoms with van der Waals surface area (Å²) in [4.78, 5) is 3.41. The molecule has 0 spiro atoms. The number of hydrogen-bond donors (Lipinski definition) is 2. The standard InChI is InChI=1S/C17H21NOSi/c1-20(2,3)12-11-17(19)10-6-8-14-13-7-4-5-9-15(13)18-16(14)17/h4-5,7,9,18-19H,6,8,10H2,1-3H3/t17-/m1/s1. The maximum absolute atomic E-state index is 11.0. The van der Waals surface area contributed by atoms with E-state index < -0.39 is 13.7 Å². The molecular weight excluding hydrogens is 262 g/mol. The number of rotatable bonds is 0. The highest BCUT2D eigenvalue weighted by Gasteiger charge is 2.35. The average Bonchev–Trinajstić information content (AvgIpc) is 2.77. The van der Waals surface area contributed by atoms with Crippen LogP contribution in [0.3, 0.4) is 0 Å². The summed E-state index contributed by atoms with van der Waals surface area (Å²) in [6.45, 7) is 6.62. The zero-order chi connectivity index (χ0) is 14.4. The van der Waals surface area contributed by atoms with Crippen LogP contribution in [-0.2, 0) is 12.0 Å². The van der Waals surface area contributed by atoms with Gasteiger partial charge in [0.2, 0.25) is 0 Å². The summed E-state index contributed by atoms with van der Waals surface area (Å²) in [5.41, 5.74) is 5.62. The first-order valence-corrected chi connectivity index (χ1v) is 10.8. The van der Waals surface area contributed by atoms with Crippen LogP contribution in [0.4, 0.5) is 0 Å². The number of aliphatic hydroxyl groups is 1. The van der Waals surface area contributed by atoms with Crippen LogP contribution in [0.1, 0.15) is 24.1 Å². The largest absolute Gasteiger partial charge is 0.372 e. The molecular formula is C17H21NOSi. The minimum Gasteiger partial charge on any atom is -0.372 e. The lowest BCUT2D eigenvalue weighted by Crippen LogP contribution is -2.30. The quantitative estimate of drug-likeness (QED) is 0.563. The Morgan fingerprint density at radius 3 is 2.75 bits per heavy atom. The Labute approximate surface area is 121 Å². The molecule has 0 saturated carbocycles. The first kappa shape index (κ1) is 13.5. The van der Waals surface area contributed by atoms with Crippen LogP contribution in [0.2, 0.25) is 19.6 Å². The van der Waals surface area contributed by atoms with E-state index in [-0.39, 0.29) is 0 Å². The van der Waals surface area contributed by atoms with Gasteiger partial charge in [-0.05, 0) is 30.9 Å². The summed E-state index contributed by atoms with van der Waals surface area (Å²) in [5, 5.41) is 12.2. The number of fused-ring (bicyclic) bond motifs is 3. The SMILES string of the molecule is C[Si](C)(C)C#C[C@]1(O)CCCc2c1[nH]c1ccccc21. The number of aryl methyl sites for hydroxylation is 1. The summed E-state index contributed by atoms with van der Waals surface area (Å²) in [6.07, 6.45) is 2.74. The summed E-state index contributed by atoms with van der Waals surface area (Å²) >= 11 is 0. The van der Waals surface area contributed by atoms with Crippen LogP contribution < -0.4 is 0 Å². The van der Waals surface area contributed by atoms with E-state index in [1.54, 1.807) is 0 Å². The van der Waals surface area contributed by atoms with Gasteiger partial charge in [0.05, 0.1) is 5.69 Å². The predicted octanol–water partition coefficient (Wildman–Crippen LogP) is 3.57. The number of aromatic nitrogens is 1. The third-order valence-corrected chi connectivity index (χ3v) is 4.71. The average molecular weight is 283 g/mol. The molecule has 0 saturated heterocycles. The molecule has 1 aliphatic rings. The van der Waals surface area contributed by atoms with Gasteiger partial charge in [-0.2, -0.15) is 0 Å². The van der Waals surface area contributed by atoms with Gasteiger partial charge in [-0.3, -0.25) is 0 Å². The number of nitrogens with one attached hydrogen (secondary N) is 1. The topological polar surface area (TPSA) is 36.0 Å². The second-order valence-electron chi connectivity index (χ2n) is 6.74. The molecule has 0 amide bonds. The molecule has 20 heavy (non-hydrogen) atoms. The van der Waals surface area contributed by atoms with Gasteiger partial charge in [-0.1, -0.05) is 43.8 Å². The van der Waals surface area contributed by atoms with Crippen molar-refractivity contribution in [3.05, 3.63) is 35.5 Å². The molecule has 1 atom stereocenters. The number of benzene rings is 1. The molecule has 0 unspecified atom stereocenters. The fourth-order valence-corrected chi connectivity index (χ4v) is 3.46. The Kier molecular flexibility index (Phi) is 3.04. The smallest absolute Gasteiger partial charge is 0.165 e. The highest BCUT2D eigenvalue weighted by molar-refractivity contribution is 6.83. The molecule has 0 aliphatic heterocycles. The molecule has 2 aromatic rings. The van der Waals surface area contributed by atoms with Crippen LogP contribution in [0.25, 0.3) is 10.9 Å². The lowest BCUT2D eigenvalue weighted by Gasteiger charge is -2.28. The molecule has 0 radical (unpaired) electrons. The molecule has 2 N–H and O–H groups in total. The fraction of sp³-hybridized carbons (Fsp3) is 0.412. The number of H-pyrrole nitrogens is 1. The van der Waals surface area contributed by atoms with Crippen molar-refractivity contribution >= 4 is 19.0 Å². The van der Waals surface area contributed by atoms with E-state index in [4.69, 9.17) is 0 Å². The van der Waals surface area contributed by atoms with Crippen molar-refractivity contribution in [1.82, 2.24) is 4.98 Å². The van der Waals surface area contributed by atoms with Crippen molar-refractivity contribution in [1.29, 1.82) is 0 Å². The Morgan fingerprint density at radius 1 is 1.25 bits per heavy atom. The maximum Gasteiger partial charge on any atom is 0.165 e. The zero-order valence-corrected chi connectivity index (χ0v) is 13.4. The van der Waals surface area contributed by atoms with Gasteiger partial charge in [0.25, 0.3) is 0 Å². The second kappa shape index (κ2) is 4.51. The minimum absolute atomic E-state index is 0.726. The fourth-order valence-electron chi connectivity index (χ4n) is 2.87. The third-order valence-electron chi connectivity index (χ3n) is 3.84. The molecule has 3 heteroatoms. The Morgan fingerprint density at radius 2 is 2.00 bits per heavy atom. The van der Waals surface area contributed by atoms with Gasteiger partial charge in [-0.25, -0.2) is 0 Å². The molecule has 3 rings (SSSR count). The van der Waals surface area contributed by atoms with Crippen LogP contribution in [0, 0.1) is 11.5 Å². The van der Waals surface area contributed by atoms with Crippen molar-refractivity contribution in [2.45, 2.75) is 44.5 Å². The van der Waals surface area contributed by atoms with Crippen molar-refractivity contribution < 1.29 is 5.11 Å². The molecule has 1 aromatic carbocycles. The van der Waals surface area contributed by atoms with Gasteiger partial charge in [0.15, 0.2) is 5.60 Å². The molecule has 2 nitrogen and oxygen atoms in total. The number of aromatic amines is 1. The van der Waals surface area contributed by atoms with E-state index in [0.29, 0.717) is 0 Å². The molecule has 104 valence electrons. The summed E-state index contributed by atoms with van der Waals surface area (Å²) < 4.78 is 0. The maximum atomic E-state index is 11.0. The Balaban J connectivity index is 2.16. The number of para-hydroxylation sites is 1. The second-order valence-corrected chi connectivity index (χ2v) is 11.5. The molecule has 1 aliphatic carbocycles. The predicted molar refractivity (Wildman–Crippen MR) is 86.3 cm³/mol. The summed E-state index contributed by atoms with van der Waals surface area (Å²) in [7, 11) is -1.48. The van der Waals surface area contributed by atoms with Gasteiger partial charge < -0.3 is 10.1 Å². The van der Waals surface area contributed by atoms with Crippen LogP contribution in [0.5, 0.6) is 0 Å². The first-order chi connectivity index (χ1) is 9.39. The normalized spacial score (nSPS) is 22.2. The van der Waals surface area contributed by atoms with E-state index >= 15 is 0 Å². The molecule has 0 fully saturated rings. The van der Waals surface area contributed by atoms with Crippen molar-refractivity contribution in [3.63, 3.8) is 0 Å². The van der Waals surface area contributed by atoms with Crippen molar-refractivity contribution in [3.8, 4) is 11.5 Å². The van der Waals surface area contributed by atoms with Gasteiger partial charge in [0, 0.05) is 10.9 Å². The van der Waals surface area contributed by atoms with Crippen LogP contribution in [-0.4, -0.2) is 18.2 Å². The minimum atomic E-state index is -1.48. The van der Waals surface area contributed by atoms with Crippen molar-refractivity contribution in [2.75, 3.05) is 0 Å². The monoisotopic (exact) mass is 283 g/mol. The lowest BCUT2D eigenvalue weighted by atomic mass is 9.83. The highest BCUT2D eigenvalue weighted by Crippen LogP contribution is 2.38. The first-order valence-electron chi connectivity index (χ1n) is 7.26. The summed E-state index contributed by atoms with van der Waals surface area (Å²) in [6, 6.07) is 8.28. The molecule has 1 heterocycles. The molecule has 1 aromatic heterocycles. The van der Waals surface area contributed by atoms with Gasteiger partial charge >= 0.3 is 0 Å². The summed E-state index contributed by atoms with van der Waals surface area (Å²) in [5.74, 6) is 3.19. The van der Waals surface area contributed by atoms with Crippen LogP contribution >= 0.6 is 0 Å². The van der Waals surface area contributed by atoms with Crippen molar-refractivity contribution in [2.24, 2.45) is 0 Å². The van der Waals surface area contributed by atoms with E-state index in [2.05, 4.69) is 54.3 Å². The highest BCUT2D eigenvalue weighted by atomic mass is 28.3. The number of hydrogen-bond acceptors (Lipinski definition) is 1. The van der Waals surface area contributed by atoms with E-state index in [1.807, 2.05) is 6.07 Å². The third kappa shape index (κ3) is 2.30. The van der Waals surface area contributed by atoms with Gasteiger partial charge in [-0.15, -0.1) is 5.54 Å². The Hall–Kier alpha value is -1.50. The molecule has 0 bridgehead atoms. The van der Waals surface area contributed by atoms with E-state index in [0.717, 1.165) is 30.5 Å². The Bertz CT molecular complexity index is 714. The van der Waals surface area contributed by atoms with Gasteiger partial charge in [0.1, 0.15) is 8.07 Å². The van der Waals surface area contributed by atoms with Crippen LogP contribution in [0.15, 0.2) is 24.3 Å². The lowest BCUT2D eigenvalue weighted by molar-refractivity contribution is 0.0768. The van der Waals surface area contributed by atoms with E-state index in [1.165, 1.54) is 10.9 Å². The van der Waals surface area contributed by atoms with E-state index in [9.17, 15) is 5.11 Å². The zero-order valence-electron chi connectivity index (χ0n) is 12.4.